The van der Waals surface area contributed by atoms with E-state index in [-0.39, 0.29) is 0 Å². The number of nitrogens with zero attached hydrogens (tertiary/aromatic N) is 12. The normalized spacial score (nSPS) is 32.4. The van der Waals surface area contributed by atoms with Gasteiger partial charge in [0.15, 0.2) is 32.5 Å². The topological polar surface area (TPSA) is 306 Å². The van der Waals surface area contributed by atoms with Gasteiger partial charge >= 0.3 is 0 Å². The molecule has 6 aliphatic rings. The van der Waals surface area contributed by atoms with E-state index in [4.69, 9.17) is 0 Å². The minimum absolute atomic E-state index is 0.376. The second kappa shape index (κ2) is 11.2. The first-order valence-corrected chi connectivity index (χ1v) is 20.6. The van der Waals surface area contributed by atoms with Crippen LogP contribution in [0.5, 0.6) is 0 Å². The van der Waals surface area contributed by atoms with Gasteiger partial charge in [-0.25, -0.2) is 0 Å². The maximum atomic E-state index is 15.1. The number of fused-ring (bicyclic) bond motifs is 15. The molecule has 1 N–H and O–H groups in total. The Morgan fingerprint density at radius 1 is 0.305 bits per heavy atom. The lowest BCUT2D eigenvalue weighted by molar-refractivity contribution is 0.293. The minimum atomic E-state index is -5.28. The van der Waals surface area contributed by atoms with Crippen molar-refractivity contribution < 1.29 is 4.80 Å². The predicted octanol–water partition coefficient (Wildman–Crippen LogP) is 5.92. The van der Waals surface area contributed by atoms with Gasteiger partial charge in [-0.05, 0) is 50.0 Å². The molecule has 3 aromatic rings. The molecule has 0 spiro atoms. The summed E-state index contributed by atoms with van der Waals surface area (Å²) < 4.78 is 0. The molecule has 6 bridgehead atoms. The summed E-state index contributed by atoms with van der Waals surface area (Å²) in [6.45, 7) is 0. The SMILES string of the molecule is N#CC1(C#N)[C@@H]2c3ccccc3[C@@H](C2[Si](O)(C2[C@H]3c4ccccc4[C@@H]2C(C#N)(C#N)C3(C#N)C#N)C2[C@H]3c4ccccc4[C@@H]2C(C#N)(C#N)C3(C#N)C#N)C1(C#N)C#N. The summed E-state index contributed by atoms with van der Waals surface area (Å²) in [5.74, 6) is -8.53. The first-order valence-electron chi connectivity index (χ1n) is 18.5. The molecule has 0 radical (unpaired) electrons. The highest BCUT2D eigenvalue weighted by atomic mass is 28.4. The molecule has 3 saturated carbocycles. The Balaban J connectivity index is 1.50. The average Bonchev–Trinajstić information content (AvgIpc) is 4.10. The average molecular weight is 775 g/mol. The van der Waals surface area contributed by atoms with Gasteiger partial charge in [0.05, 0.1) is 72.8 Å². The van der Waals surface area contributed by atoms with Crippen molar-refractivity contribution in [2.45, 2.75) is 52.1 Å². The van der Waals surface area contributed by atoms with Gasteiger partial charge in [0.1, 0.15) is 0 Å². The monoisotopic (exact) mass is 774 g/mol. The van der Waals surface area contributed by atoms with E-state index >= 15 is 4.80 Å². The molecule has 0 saturated heterocycles. The summed E-state index contributed by atoms with van der Waals surface area (Å²) in [5, 5.41) is 134. The molecule has 9 rings (SSSR count). The molecule has 0 heterocycles. The Morgan fingerprint density at radius 3 is 0.559 bits per heavy atom. The van der Waals surface area contributed by atoms with E-state index in [2.05, 4.69) is 0 Å². The van der Waals surface area contributed by atoms with Crippen LogP contribution in [0.15, 0.2) is 72.8 Å². The van der Waals surface area contributed by atoms with E-state index in [1.54, 1.807) is 72.8 Å². The van der Waals surface area contributed by atoms with E-state index in [1.807, 2.05) is 72.8 Å². The molecule has 3 aromatic carbocycles. The van der Waals surface area contributed by atoms with Crippen molar-refractivity contribution in [2.24, 2.45) is 32.5 Å². The molecular formula is C45H22N12OSi. The summed E-state index contributed by atoms with van der Waals surface area (Å²) in [6.07, 6.45) is 0. The number of nitriles is 12. The van der Waals surface area contributed by atoms with Crippen molar-refractivity contribution in [1.82, 2.24) is 0 Å². The zero-order valence-corrected chi connectivity index (χ0v) is 31.4. The van der Waals surface area contributed by atoms with Gasteiger partial charge in [0, 0.05) is 35.5 Å². The number of benzene rings is 3. The van der Waals surface area contributed by atoms with Crippen LogP contribution in [0, 0.1) is 168 Å². The van der Waals surface area contributed by atoms with E-state index in [0.29, 0.717) is 33.4 Å². The molecule has 6 aliphatic carbocycles. The lowest BCUT2D eigenvalue weighted by Crippen LogP contribution is -2.54. The minimum Gasteiger partial charge on any atom is -0.431 e. The molecule has 0 aliphatic heterocycles. The summed E-state index contributed by atoms with van der Waals surface area (Å²) in [4.78, 5) is 15.1. The van der Waals surface area contributed by atoms with Crippen LogP contribution < -0.4 is 0 Å². The summed E-state index contributed by atoms with van der Waals surface area (Å²) >= 11 is 0. The van der Waals surface area contributed by atoms with Crippen LogP contribution in [0.3, 0.4) is 0 Å². The first-order chi connectivity index (χ1) is 28.5. The zero-order chi connectivity index (χ0) is 42.1. The second-order valence-corrected chi connectivity index (χ2v) is 20.2. The highest BCUT2D eigenvalue weighted by molar-refractivity contribution is 6.79. The quantitative estimate of drug-likeness (QED) is 0.302. The maximum Gasteiger partial charge on any atom is 0.201 e. The Labute approximate surface area is 338 Å². The fourth-order valence-electron chi connectivity index (χ4n) is 13.8. The number of hydrogen-bond acceptors (Lipinski definition) is 13. The third-order valence-electron chi connectivity index (χ3n) is 15.5. The van der Waals surface area contributed by atoms with Crippen molar-refractivity contribution in [2.75, 3.05) is 0 Å². The number of rotatable bonds is 3. The summed E-state index contributed by atoms with van der Waals surface area (Å²) in [6, 6.07) is 43.9. The Morgan fingerprint density at radius 2 is 0.441 bits per heavy atom. The van der Waals surface area contributed by atoms with E-state index < -0.39 is 92.9 Å². The van der Waals surface area contributed by atoms with E-state index in [1.165, 1.54) is 0 Å². The maximum absolute atomic E-state index is 15.1. The van der Waals surface area contributed by atoms with Crippen LogP contribution in [0.2, 0.25) is 16.6 Å². The number of hydrogen-bond donors (Lipinski definition) is 1. The van der Waals surface area contributed by atoms with E-state index in [0.717, 1.165) is 0 Å². The standard InChI is InChI=1S/C45H22N12OSi/c46-13-40(14-47)31-25-7-1-2-8-26(25)32(41(40,15-48)16-49)37(31)59(58,38-33-27-9-3-4-10-28(27)34(38)43(19-52,20-53)42(33,17-50)18-51)39-35-29-11-5-6-12-30(29)36(39)45(23-56,24-57)44(35,21-54)22-55/h1-12,31-39,58H/t31-,32+,33-,34+,35-,36+,37?,38?,39?,59?. The molecule has 0 amide bonds. The van der Waals surface area contributed by atoms with Gasteiger partial charge < -0.3 is 4.80 Å². The van der Waals surface area contributed by atoms with Gasteiger partial charge in [0.25, 0.3) is 0 Å². The molecule has 3 unspecified atom stereocenters. The van der Waals surface area contributed by atoms with Gasteiger partial charge in [-0.1, -0.05) is 72.8 Å². The smallest absolute Gasteiger partial charge is 0.201 e. The van der Waals surface area contributed by atoms with Gasteiger partial charge in [-0.2, -0.15) is 63.1 Å². The van der Waals surface area contributed by atoms with Crippen LogP contribution >= 0.6 is 0 Å². The highest BCUT2D eigenvalue weighted by Gasteiger charge is 2.90. The van der Waals surface area contributed by atoms with Crippen LogP contribution in [-0.4, -0.2) is 13.1 Å². The summed E-state index contributed by atoms with van der Waals surface area (Å²) in [5.41, 5.74) is -16.8. The van der Waals surface area contributed by atoms with Crippen molar-refractivity contribution in [3.8, 4) is 72.8 Å². The molecule has 0 aromatic heterocycles. The van der Waals surface area contributed by atoms with Crippen LogP contribution in [0.1, 0.15) is 68.9 Å². The molecule has 14 heteroatoms. The van der Waals surface area contributed by atoms with Gasteiger partial charge in [0.2, 0.25) is 8.32 Å². The Hall–Kier alpha value is -8.28. The molecule has 59 heavy (non-hydrogen) atoms. The Kier molecular flexibility index (Phi) is 6.89. The summed E-state index contributed by atoms with van der Waals surface area (Å²) in [7, 11) is -5.28. The lowest BCUT2D eigenvalue weighted by Gasteiger charge is -2.48. The van der Waals surface area contributed by atoms with Gasteiger partial charge in [-0.3, -0.25) is 0 Å². The fraction of sp³-hybridized carbons (Fsp3) is 0.333. The van der Waals surface area contributed by atoms with Gasteiger partial charge in [-0.15, -0.1) is 0 Å². The third-order valence-corrected chi connectivity index (χ3v) is 20.7. The molecule has 13 nitrogen and oxygen atoms in total. The molecular weight excluding hydrogens is 753 g/mol. The Bertz CT molecular complexity index is 2450. The molecule has 9 atom stereocenters. The van der Waals surface area contributed by atoms with Crippen LogP contribution in [0.25, 0.3) is 0 Å². The van der Waals surface area contributed by atoms with Crippen molar-refractivity contribution >= 4 is 8.32 Å². The zero-order valence-electron chi connectivity index (χ0n) is 30.4. The van der Waals surface area contributed by atoms with Crippen molar-refractivity contribution in [3.63, 3.8) is 0 Å². The fourth-order valence-corrected chi connectivity index (χ4v) is 20.9. The predicted molar refractivity (Wildman–Crippen MR) is 197 cm³/mol. The first kappa shape index (κ1) is 36.4. The lowest BCUT2D eigenvalue weighted by atomic mass is 9.57. The largest absolute Gasteiger partial charge is 0.431 e. The van der Waals surface area contributed by atoms with Crippen LogP contribution in [-0.2, 0) is 0 Å². The third kappa shape index (κ3) is 3.15. The van der Waals surface area contributed by atoms with Crippen molar-refractivity contribution in [3.05, 3.63) is 106 Å². The molecule has 272 valence electrons. The van der Waals surface area contributed by atoms with Crippen LogP contribution in [0.4, 0.5) is 0 Å². The molecule has 3 fully saturated rings. The second-order valence-electron chi connectivity index (χ2n) is 16.4. The highest BCUT2D eigenvalue weighted by Crippen LogP contribution is 2.89. The van der Waals surface area contributed by atoms with Crippen molar-refractivity contribution in [1.29, 1.82) is 63.1 Å². The van der Waals surface area contributed by atoms with E-state index in [9.17, 15) is 63.1 Å².